The summed E-state index contributed by atoms with van der Waals surface area (Å²) in [6.45, 7) is 11.8. The molecule has 0 aliphatic carbocycles. The zero-order valence-corrected chi connectivity index (χ0v) is 24.9. The van der Waals surface area contributed by atoms with E-state index in [-0.39, 0.29) is 5.91 Å². The Balaban J connectivity index is 1.62. The molecule has 4 aromatic rings. The summed E-state index contributed by atoms with van der Waals surface area (Å²) in [5.41, 5.74) is 12.8. The van der Waals surface area contributed by atoms with E-state index in [0.717, 1.165) is 57.1 Å². The third-order valence-corrected chi connectivity index (χ3v) is 7.64. The number of aromatic amines is 1. The molecular formula is C32H40N8O. The molecule has 0 spiro atoms. The number of pyridine rings is 1. The summed E-state index contributed by atoms with van der Waals surface area (Å²) in [5, 5.41) is 9.68. The van der Waals surface area contributed by atoms with Crippen molar-refractivity contribution in [2.45, 2.75) is 53.9 Å². The van der Waals surface area contributed by atoms with Crippen molar-refractivity contribution in [3.05, 3.63) is 58.5 Å². The van der Waals surface area contributed by atoms with Gasteiger partial charge in [0, 0.05) is 48.7 Å². The predicted octanol–water partition coefficient (Wildman–Crippen LogP) is 4.22. The average molecular weight is 553 g/mol. The highest BCUT2D eigenvalue weighted by Crippen LogP contribution is 2.31. The van der Waals surface area contributed by atoms with Gasteiger partial charge in [0.2, 0.25) is 5.91 Å². The molecule has 3 aromatic heterocycles. The molecule has 9 heteroatoms. The van der Waals surface area contributed by atoms with E-state index in [1.807, 2.05) is 57.6 Å². The zero-order chi connectivity index (χ0) is 29.3. The summed E-state index contributed by atoms with van der Waals surface area (Å²) in [5.74, 6) is 0.628. The molecule has 1 amide bonds. The van der Waals surface area contributed by atoms with Crippen molar-refractivity contribution < 1.29 is 4.79 Å². The molecule has 4 N–H and O–H groups in total. The molecule has 0 bridgehead atoms. The lowest BCUT2D eigenvalue weighted by Crippen LogP contribution is -2.29. The van der Waals surface area contributed by atoms with Crippen molar-refractivity contribution >= 4 is 46.0 Å². The van der Waals surface area contributed by atoms with E-state index in [0.29, 0.717) is 11.5 Å². The monoisotopic (exact) mass is 552 g/mol. The van der Waals surface area contributed by atoms with Crippen LogP contribution >= 0.6 is 0 Å². The highest BCUT2D eigenvalue weighted by molar-refractivity contribution is 5.96. The number of allylic oxidation sites excluding steroid dienone is 1. The van der Waals surface area contributed by atoms with Gasteiger partial charge in [-0.3, -0.25) is 14.5 Å². The molecule has 0 atom stereocenters. The van der Waals surface area contributed by atoms with Crippen LogP contribution in [-0.2, 0) is 11.8 Å². The first-order chi connectivity index (χ1) is 19.6. The van der Waals surface area contributed by atoms with Gasteiger partial charge in [0.25, 0.3) is 0 Å². The number of hydrogen-bond acceptors (Lipinski definition) is 6. The molecule has 1 fully saturated rings. The number of piperidine rings is 1. The van der Waals surface area contributed by atoms with Gasteiger partial charge in [-0.15, -0.1) is 0 Å². The first-order valence-electron chi connectivity index (χ1n) is 14.2. The second kappa shape index (κ2) is 11.2. The number of aromatic nitrogens is 5. The molecule has 5 rings (SSSR count). The number of carbonyl (C=O) groups excluding carboxylic acids is 1. The van der Waals surface area contributed by atoms with Crippen LogP contribution in [0.1, 0.15) is 58.1 Å². The van der Waals surface area contributed by atoms with Gasteiger partial charge in [0.05, 0.1) is 34.0 Å². The maximum absolute atomic E-state index is 12.6. The summed E-state index contributed by atoms with van der Waals surface area (Å²) in [6.07, 6.45) is 12.7. The third-order valence-electron chi connectivity index (χ3n) is 7.64. The van der Waals surface area contributed by atoms with Crippen LogP contribution in [0.25, 0.3) is 40.3 Å². The Labute approximate surface area is 240 Å². The number of nitrogens with zero attached hydrogens (tertiary/aromatic N) is 5. The predicted molar refractivity (Wildman–Crippen MR) is 167 cm³/mol. The number of benzene rings is 1. The summed E-state index contributed by atoms with van der Waals surface area (Å²) in [6, 6.07) is 6.24. The Morgan fingerprint density at radius 2 is 1.90 bits per heavy atom. The number of rotatable bonds is 5. The molecule has 0 unspecified atom stereocenters. The quantitative estimate of drug-likeness (QED) is 0.341. The standard InChI is InChI=1S/C32H40N8O/c1-7-25-24(16-21(17-33)22-15-23(19-34-18-22)35-31(41)32(3,4)5)28(38-39(25)6)30-36-27-20(2)11-12-26(29(27)37-30)40-13-9-8-10-14-40/h7,11-12,15-19H,8-10,13-14,33H2,1-6H3,(H,35,41)(H,36,37)/b21-17+,24-16+,25-7-. The third kappa shape index (κ3) is 5.62. The second-order valence-electron chi connectivity index (χ2n) is 11.8. The maximum Gasteiger partial charge on any atom is 0.229 e. The minimum atomic E-state index is -0.524. The van der Waals surface area contributed by atoms with Crippen molar-refractivity contribution in [2.24, 2.45) is 18.2 Å². The zero-order valence-electron chi connectivity index (χ0n) is 24.9. The molecule has 41 heavy (non-hydrogen) atoms. The molecule has 1 aliphatic heterocycles. The summed E-state index contributed by atoms with van der Waals surface area (Å²) < 4.78 is 1.86. The summed E-state index contributed by atoms with van der Waals surface area (Å²) in [4.78, 5) is 28.1. The average Bonchev–Trinajstić information content (AvgIpc) is 3.53. The fourth-order valence-electron chi connectivity index (χ4n) is 5.30. The van der Waals surface area contributed by atoms with Crippen LogP contribution in [-0.4, -0.2) is 43.7 Å². The van der Waals surface area contributed by atoms with E-state index in [1.165, 1.54) is 24.9 Å². The molecule has 9 nitrogen and oxygen atoms in total. The van der Waals surface area contributed by atoms with E-state index in [2.05, 4.69) is 39.2 Å². The molecule has 0 saturated carbocycles. The lowest BCUT2D eigenvalue weighted by molar-refractivity contribution is -0.123. The maximum atomic E-state index is 12.6. The van der Waals surface area contributed by atoms with Crippen LogP contribution in [0, 0.1) is 12.3 Å². The second-order valence-corrected chi connectivity index (χ2v) is 11.8. The van der Waals surface area contributed by atoms with Crippen molar-refractivity contribution in [3.63, 3.8) is 0 Å². The molecule has 1 aromatic carbocycles. The number of carbonyl (C=O) groups is 1. The number of anilines is 2. The van der Waals surface area contributed by atoms with Crippen LogP contribution in [0.3, 0.4) is 0 Å². The minimum Gasteiger partial charge on any atom is -0.404 e. The van der Waals surface area contributed by atoms with E-state index < -0.39 is 5.41 Å². The van der Waals surface area contributed by atoms with Crippen molar-refractivity contribution in [1.29, 1.82) is 0 Å². The SMILES string of the molecule is C/C=c1/c(=C\C(=C/N)c2cncc(NC(=O)C(C)(C)C)c2)c(-c2nc3c(C)ccc(N4CCCCC4)c3[nH]2)nn1C. The minimum absolute atomic E-state index is 0.0831. The Morgan fingerprint density at radius 1 is 1.15 bits per heavy atom. The van der Waals surface area contributed by atoms with Crippen LogP contribution in [0.4, 0.5) is 11.4 Å². The summed E-state index contributed by atoms with van der Waals surface area (Å²) >= 11 is 0. The van der Waals surface area contributed by atoms with Gasteiger partial charge in [-0.05, 0) is 62.5 Å². The van der Waals surface area contributed by atoms with Gasteiger partial charge in [0.15, 0.2) is 5.82 Å². The number of nitrogens with one attached hydrogen (secondary N) is 2. The number of amides is 1. The molecule has 4 heterocycles. The summed E-state index contributed by atoms with van der Waals surface area (Å²) in [7, 11) is 1.93. The molecule has 1 saturated heterocycles. The first kappa shape index (κ1) is 28.1. The van der Waals surface area contributed by atoms with Crippen LogP contribution in [0.2, 0.25) is 0 Å². The Bertz CT molecular complexity index is 1750. The van der Waals surface area contributed by atoms with Crippen LogP contribution in [0.15, 0.2) is 36.8 Å². The van der Waals surface area contributed by atoms with Gasteiger partial charge < -0.3 is 20.9 Å². The molecular weight excluding hydrogens is 512 g/mol. The van der Waals surface area contributed by atoms with Crippen molar-refractivity contribution in [3.8, 4) is 11.5 Å². The largest absolute Gasteiger partial charge is 0.404 e. The lowest BCUT2D eigenvalue weighted by Gasteiger charge is -2.29. The normalized spacial score (nSPS) is 15.7. The topological polar surface area (TPSA) is 118 Å². The van der Waals surface area contributed by atoms with E-state index in [4.69, 9.17) is 15.8 Å². The van der Waals surface area contributed by atoms with E-state index in [1.54, 1.807) is 18.6 Å². The number of H-pyrrole nitrogens is 1. The number of hydrogen-bond donors (Lipinski definition) is 3. The number of aryl methyl sites for hydroxylation is 2. The fourth-order valence-corrected chi connectivity index (χ4v) is 5.30. The Kier molecular flexibility index (Phi) is 7.71. The lowest BCUT2D eigenvalue weighted by atomic mass is 9.95. The molecule has 1 aliphatic rings. The number of nitrogens with two attached hydrogens (primary N) is 1. The van der Waals surface area contributed by atoms with E-state index >= 15 is 0 Å². The fraction of sp³-hybridized carbons (Fsp3) is 0.375. The van der Waals surface area contributed by atoms with Crippen molar-refractivity contribution in [1.82, 2.24) is 24.7 Å². The van der Waals surface area contributed by atoms with Gasteiger partial charge in [-0.1, -0.05) is 32.9 Å². The molecule has 214 valence electrons. The molecule has 0 radical (unpaired) electrons. The highest BCUT2D eigenvalue weighted by atomic mass is 16.2. The number of fused-ring (bicyclic) bond motifs is 1. The first-order valence-corrected chi connectivity index (χ1v) is 14.2. The highest BCUT2D eigenvalue weighted by Gasteiger charge is 2.22. The van der Waals surface area contributed by atoms with Crippen LogP contribution in [0.5, 0.6) is 0 Å². The van der Waals surface area contributed by atoms with Crippen molar-refractivity contribution in [2.75, 3.05) is 23.3 Å². The van der Waals surface area contributed by atoms with Gasteiger partial charge in [-0.2, -0.15) is 5.10 Å². The Hall–Kier alpha value is -4.40. The van der Waals surface area contributed by atoms with E-state index in [9.17, 15) is 4.79 Å². The Morgan fingerprint density at radius 3 is 2.59 bits per heavy atom. The van der Waals surface area contributed by atoms with Gasteiger partial charge in [0.1, 0.15) is 5.69 Å². The van der Waals surface area contributed by atoms with Gasteiger partial charge >= 0.3 is 0 Å². The smallest absolute Gasteiger partial charge is 0.229 e. The number of imidazole rings is 1. The van der Waals surface area contributed by atoms with Crippen LogP contribution < -0.4 is 26.5 Å². The van der Waals surface area contributed by atoms with Gasteiger partial charge in [-0.25, -0.2) is 4.98 Å².